The number of hydrogen-bond acceptors (Lipinski definition) is 4. The van der Waals surface area contributed by atoms with Crippen LogP contribution in [0, 0.1) is 0 Å². The number of ether oxygens (including phenoxy) is 2. The molecular formula is C22H26N2O4. The zero-order chi connectivity index (χ0) is 19.8. The molecule has 148 valence electrons. The summed E-state index contributed by atoms with van der Waals surface area (Å²) < 4.78 is 11.2. The van der Waals surface area contributed by atoms with Gasteiger partial charge in [-0.2, -0.15) is 0 Å². The molecule has 1 heterocycles. The molecule has 2 aromatic rings. The van der Waals surface area contributed by atoms with Gasteiger partial charge in [0.15, 0.2) is 11.5 Å². The van der Waals surface area contributed by atoms with Crippen LogP contribution in [0.15, 0.2) is 48.5 Å². The number of carbonyl (C=O) groups excluding carboxylic acids is 2. The van der Waals surface area contributed by atoms with Gasteiger partial charge in [0.05, 0.1) is 13.2 Å². The molecule has 0 aromatic heterocycles. The Bertz CT molecular complexity index is 804. The average Bonchev–Trinajstić information content (AvgIpc) is 3.13. The Kier molecular flexibility index (Phi) is 6.89. The largest absolute Gasteiger partial charge is 0.490 e. The highest BCUT2D eigenvalue weighted by Crippen LogP contribution is 2.26. The number of hydrogen-bond donors (Lipinski definition) is 1. The molecule has 0 aliphatic carbocycles. The number of carbonyl (C=O) groups is 2. The predicted molar refractivity (Wildman–Crippen MR) is 109 cm³/mol. The highest BCUT2D eigenvalue weighted by atomic mass is 16.5. The van der Waals surface area contributed by atoms with E-state index in [0.717, 1.165) is 24.3 Å². The summed E-state index contributed by atoms with van der Waals surface area (Å²) in [6.45, 7) is 3.70. The van der Waals surface area contributed by atoms with Crippen LogP contribution in [0.4, 0.5) is 11.4 Å². The highest BCUT2D eigenvalue weighted by molar-refractivity contribution is 5.96. The van der Waals surface area contributed by atoms with E-state index in [2.05, 4.69) is 5.32 Å². The number of rotatable bonds is 9. The predicted octanol–water partition coefficient (Wildman–Crippen LogP) is 4.01. The number of nitrogens with zero attached hydrogens (tertiary/aromatic N) is 1. The molecule has 3 rings (SSSR count). The lowest BCUT2D eigenvalue weighted by molar-refractivity contribution is -0.117. The van der Waals surface area contributed by atoms with E-state index in [9.17, 15) is 9.59 Å². The summed E-state index contributed by atoms with van der Waals surface area (Å²) in [6, 6.07) is 14.9. The lowest BCUT2D eigenvalue weighted by Gasteiger charge is -2.16. The Hall–Kier alpha value is -3.02. The van der Waals surface area contributed by atoms with Gasteiger partial charge in [-0.1, -0.05) is 12.1 Å². The van der Waals surface area contributed by atoms with Gasteiger partial charge in [-0.25, -0.2) is 0 Å². The minimum absolute atomic E-state index is 0.0632. The summed E-state index contributed by atoms with van der Waals surface area (Å²) >= 11 is 0. The van der Waals surface area contributed by atoms with Gasteiger partial charge in [0.25, 0.3) is 0 Å². The molecule has 1 saturated heterocycles. The Morgan fingerprint density at radius 3 is 2.43 bits per heavy atom. The van der Waals surface area contributed by atoms with Crippen molar-refractivity contribution in [2.24, 2.45) is 0 Å². The van der Waals surface area contributed by atoms with Crippen LogP contribution in [-0.4, -0.2) is 31.6 Å². The topological polar surface area (TPSA) is 67.9 Å². The fourth-order valence-corrected chi connectivity index (χ4v) is 3.13. The molecule has 0 saturated carbocycles. The van der Waals surface area contributed by atoms with E-state index in [1.165, 1.54) is 0 Å². The molecule has 6 heteroatoms. The number of anilines is 2. The molecular weight excluding hydrogens is 356 g/mol. The Morgan fingerprint density at radius 1 is 1.07 bits per heavy atom. The summed E-state index contributed by atoms with van der Waals surface area (Å²) in [5, 5.41) is 2.88. The number of amides is 2. The van der Waals surface area contributed by atoms with Crippen molar-refractivity contribution in [2.75, 3.05) is 30.0 Å². The Morgan fingerprint density at radius 2 is 1.79 bits per heavy atom. The fraction of sp³-hybridized carbons (Fsp3) is 0.364. The third kappa shape index (κ3) is 5.25. The van der Waals surface area contributed by atoms with Crippen molar-refractivity contribution in [3.63, 3.8) is 0 Å². The van der Waals surface area contributed by atoms with Crippen LogP contribution in [0.1, 0.15) is 32.6 Å². The molecule has 28 heavy (non-hydrogen) atoms. The van der Waals surface area contributed by atoms with E-state index in [4.69, 9.17) is 9.47 Å². The summed E-state index contributed by atoms with van der Waals surface area (Å²) in [5.41, 5.74) is 1.60. The molecule has 0 bridgehead atoms. The first-order chi connectivity index (χ1) is 13.7. The lowest BCUT2D eigenvalue weighted by atomic mass is 10.2. The third-order valence-electron chi connectivity index (χ3n) is 4.49. The smallest absolute Gasteiger partial charge is 0.227 e. The molecule has 1 fully saturated rings. The van der Waals surface area contributed by atoms with Crippen LogP contribution in [0.2, 0.25) is 0 Å². The molecule has 1 aliphatic rings. The second kappa shape index (κ2) is 9.78. The van der Waals surface area contributed by atoms with Crippen LogP contribution in [-0.2, 0) is 9.59 Å². The monoisotopic (exact) mass is 382 g/mol. The lowest BCUT2D eigenvalue weighted by Crippen LogP contribution is -2.23. The normalized spacial score (nSPS) is 13.5. The maximum absolute atomic E-state index is 12.1. The third-order valence-corrected chi connectivity index (χ3v) is 4.49. The van der Waals surface area contributed by atoms with Crippen LogP contribution >= 0.6 is 0 Å². The summed E-state index contributed by atoms with van der Waals surface area (Å²) in [4.78, 5) is 25.7. The van der Waals surface area contributed by atoms with E-state index in [1.54, 1.807) is 4.90 Å². The maximum atomic E-state index is 12.1. The zero-order valence-electron chi connectivity index (χ0n) is 16.1. The van der Waals surface area contributed by atoms with Gasteiger partial charge in [-0.3, -0.25) is 9.59 Å². The van der Waals surface area contributed by atoms with E-state index >= 15 is 0 Å². The summed E-state index contributed by atoms with van der Waals surface area (Å²) in [6.07, 6.45) is 2.47. The van der Waals surface area contributed by atoms with Crippen LogP contribution in [0.3, 0.4) is 0 Å². The fourth-order valence-electron chi connectivity index (χ4n) is 3.13. The molecule has 1 aliphatic heterocycles. The van der Waals surface area contributed by atoms with Gasteiger partial charge in [-0.15, -0.1) is 0 Å². The van der Waals surface area contributed by atoms with Crippen molar-refractivity contribution >= 4 is 23.2 Å². The minimum atomic E-state index is -0.0632. The standard InChI is InChI=1S/C22H26N2O4/c1-2-27-19-7-3-4-8-20(19)28-16-6-9-21(25)23-17-11-13-18(14-12-17)24-15-5-10-22(24)26/h3-4,7-8,11-14H,2,5-6,9-10,15-16H2,1H3,(H,23,25). The zero-order valence-corrected chi connectivity index (χ0v) is 16.1. The van der Waals surface area contributed by atoms with E-state index in [1.807, 2.05) is 55.5 Å². The van der Waals surface area contributed by atoms with Gasteiger partial charge >= 0.3 is 0 Å². The molecule has 1 N–H and O–H groups in total. The second-order valence-corrected chi connectivity index (χ2v) is 6.58. The van der Waals surface area contributed by atoms with Gasteiger partial charge < -0.3 is 19.7 Å². The van der Waals surface area contributed by atoms with Gasteiger partial charge in [0, 0.05) is 30.8 Å². The van der Waals surface area contributed by atoms with Crippen LogP contribution < -0.4 is 19.7 Å². The van der Waals surface area contributed by atoms with Gasteiger partial charge in [0.2, 0.25) is 11.8 Å². The SMILES string of the molecule is CCOc1ccccc1OCCCC(=O)Nc1ccc(N2CCCC2=O)cc1. The summed E-state index contributed by atoms with van der Waals surface area (Å²) in [5.74, 6) is 1.50. The average molecular weight is 382 g/mol. The molecule has 2 aromatic carbocycles. The molecule has 0 atom stereocenters. The Balaban J connectivity index is 1.41. The number of para-hydroxylation sites is 2. The quantitative estimate of drug-likeness (QED) is 0.666. The van der Waals surface area contributed by atoms with Gasteiger partial charge in [0.1, 0.15) is 0 Å². The molecule has 0 radical (unpaired) electrons. The highest BCUT2D eigenvalue weighted by Gasteiger charge is 2.21. The van der Waals surface area contributed by atoms with E-state index in [0.29, 0.717) is 44.0 Å². The molecule has 2 amide bonds. The Labute approximate surface area is 165 Å². The van der Waals surface area contributed by atoms with Gasteiger partial charge in [-0.05, 0) is 56.2 Å². The number of nitrogens with one attached hydrogen (secondary N) is 1. The van der Waals surface area contributed by atoms with Crippen molar-refractivity contribution in [1.82, 2.24) is 0 Å². The maximum Gasteiger partial charge on any atom is 0.227 e. The van der Waals surface area contributed by atoms with E-state index in [-0.39, 0.29) is 11.8 Å². The van der Waals surface area contributed by atoms with E-state index < -0.39 is 0 Å². The van der Waals surface area contributed by atoms with Crippen molar-refractivity contribution in [1.29, 1.82) is 0 Å². The summed E-state index contributed by atoms with van der Waals surface area (Å²) in [7, 11) is 0. The first kappa shape index (κ1) is 19.7. The first-order valence-corrected chi connectivity index (χ1v) is 9.72. The minimum Gasteiger partial charge on any atom is -0.490 e. The van der Waals surface area contributed by atoms with Crippen molar-refractivity contribution in [3.05, 3.63) is 48.5 Å². The first-order valence-electron chi connectivity index (χ1n) is 9.72. The number of benzene rings is 2. The van der Waals surface area contributed by atoms with Crippen molar-refractivity contribution in [3.8, 4) is 11.5 Å². The van der Waals surface area contributed by atoms with Crippen LogP contribution in [0.5, 0.6) is 11.5 Å². The molecule has 0 unspecified atom stereocenters. The van der Waals surface area contributed by atoms with Crippen LogP contribution in [0.25, 0.3) is 0 Å². The molecule has 0 spiro atoms. The van der Waals surface area contributed by atoms with Crippen molar-refractivity contribution in [2.45, 2.75) is 32.6 Å². The van der Waals surface area contributed by atoms with Crippen molar-refractivity contribution < 1.29 is 19.1 Å². The molecule has 6 nitrogen and oxygen atoms in total. The second-order valence-electron chi connectivity index (χ2n) is 6.58.